The van der Waals surface area contributed by atoms with Gasteiger partial charge in [-0.2, -0.15) is 0 Å². The summed E-state index contributed by atoms with van der Waals surface area (Å²) in [5.74, 6) is 0.765. The van der Waals surface area contributed by atoms with Crippen LogP contribution < -0.4 is 4.74 Å². The van der Waals surface area contributed by atoms with Crippen molar-refractivity contribution in [1.29, 1.82) is 0 Å². The van der Waals surface area contributed by atoms with Gasteiger partial charge in [-0.1, -0.05) is 12.1 Å². The number of ether oxygens (including phenoxy) is 1. The Bertz CT molecular complexity index is 481. The molecular formula is C12H11IO2S. The lowest BCUT2D eigenvalue weighted by Crippen LogP contribution is -1.98. The Kier molecular flexibility index (Phi) is 3.83. The maximum Gasteiger partial charge on any atom is 0.119 e. The zero-order chi connectivity index (χ0) is 11.5. The van der Waals surface area contributed by atoms with E-state index in [0.717, 1.165) is 16.9 Å². The summed E-state index contributed by atoms with van der Waals surface area (Å²) in [5, 5.41) is 12.2. The molecule has 0 aliphatic rings. The van der Waals surface area contributed by atoms with Crippen molar-refractivity contribution < 1.29 is 9.84 Å². The molecule has 0 radical (unpaired) electrons. The zero-order valence-corrected chi connectivity index (χ0v) is 11.7. The molecule has 0 spiro atoms. The molecule has 1 atom stereocenters. The summed E-state index contributed by atoms with van der Waals surface area (Å²) in [5.41, 5.74) is 1.79. The Morgan fingerprint density at radius 2 is 2.12 bits per heavy atom. The molecule has 1 aromatic carbocycles. The average Bonchev–Trinajstić information content (AvgIpc) is 2.75. The van der Waals surface area contributed by atoms with Gasteiger partial charge in [0.2, 0.25) is 0 Å². The first-order valence-corrected chi connectivity index (χ1v) is 6.72. The summed E-state index contributed by atoms with van der Waals surface area (Å²) >= 11 is 3.88. The zero-order valence-electron chi connectivity index (χ0n) is 8.68. The summed E-state index contributed by atoms with van der Waals surface area (Å²) in [6.07, 6.45) is -0.574. The second kappa shape index (κ2) is 5.16. The standard InChI is InChI=1S/C12H11IO2S/c1-15-10-4-2-3-8(5-10)12(14)9-6-11(13)16-7-9/h2-7,12,14H,1H3. The molecule has 84 valence electrons. The fourth-order valence-corrected chi connectivity index (χ4v) is 2.86. The first-order valence-electron chi connectivity index (χ1n) is 4.76. The summed E-state index contributed by atoms with van der Waals surface area (Å²) in [6, 6.07) is 9.50. The Morgan fingerprint density at radius 1 is 1.31 bits per heavy atom. The Labute approximate surface area is 112 Å². The van der Waals surface area contributed by atoms with Crippen molar-refractivity contribution in [2.45, 2.75) is 6.10 Å². The molecule has 16 heavy (non-hydrogen) atoms. The van der Waals surface area contributed by atoms with E-state index < -0.39 is 6.10 Å². The lowest BCUT2D eigenvalue weighted by Gasteiger charge is -2.10. The molecule has 0 aliphatic carbocycles. The molecule has 2 aromatic rings. The molecule has 0 amide bonds. The predicted octanol–water partition coefficient (Wildman–Crippen LogP) is 3.44. The van der Waals surface area contributed by atoms with E-state index in [1.807, 2.05) is 35.7 Å². The van der Waals surface area contributed by atoms with E-state index in [1.54, 1.807) is 18.4 Å². The van der Waals surface area contributed by atoms with Crippen LogP contribution in [0.15, 0.2) is 35.7 Å². The third kappa shape index (κ3) is 2.56. The molecule has 2 rings (SSSR count). The molecule has 1 aromatic heterocycles. The lowest BCUT2D eigenvalue weighted by atomic mass is 10.0. The Balaban J connectivity index is 2.29. The van der Waals surface area contributed by atoms with Crippen LogP contribution >= 0.6 is 33.9 Å². The van der Waals surface area contributed by atoms with Gasteiger partial charge in [0.15, 0.2) is 0 Å². The van der Waals surface area contributed by atoms with Gasteiger partial charge in [0.1, 0.15) is 11.9 Å². The van der Waals surface area contributed by atoms with Gasteiger partial charge in [-0.05, 0) is 57.3 Å². The number of hydrogen-bond donors (Lipinski definition) is 1. The van der Waals surface area contributed by atoms with Crippen LogP contribution in [0.5, 0.6) is 5.75 Å². The van der Waals surface area contributed by atoms with Crippen LogP contribution in [0.4, 0.5) is 0 Å². The normalized spacial score (nSPS) is 12.4. The molecular weight excluding hydrogens is 335 g/mol. The minimum absolute atomic E-state index is 0.574. The highest BCUT2D eigenvalue weighted by atomic mass is 127. The summed E-state index contributed by atoms with van der Waals surface area (Å²) < 4.78 is 6.31. The van der Waals surface area contributed by atoms with Gasteiger partial charge in [0, 0.05) is 0 Å². The first-order chi connectivity index (χ1) is 7.70. The molecule has 0 saturated heterocycles. The largest absolute Gasteiger partial charge is 0.497 e. The predicted molar refractivity (Wildman–Crippen MR) is 74.1 cm³/mol. The van der Waals surface area contributed by atoms with E-state index in [1.165, 1.54) is 2.88 Å². The topological polar surface area (TPSA) is 29.5 Å². The second-order valence-corrected chi connectivity index (χ2v) is 6.17. The van der Waals surface area contributed by atoms with Gasteiger partial charge in [-0.25, -0.2) is 0 Å². The first kappa shape index (κ1) is 11.9. The monoisotopic (exact) mass is 346 g/mol. The quantitative estimate of drug-likeness (QED) is 0.863. The van der Waals surface area contributed by atoms with Crippen LogP contribution in [-0.4, -0.2) is 12.2 Å². The molecule has 1 heterocycles. The van der Waals surface area contributed by atoms with Crippen LogP contribution in [0.3, 0.4) is 0 Å². The van der Waals surface area contributed by atoms with Gasteiger partial charge in [-0.15, -0.1) is 11.3 Å². The van der Waals surface area contributed by atoms with Crippen molar-refractivity contribution in [3.05, 3.63) is 49.7 Å². The fraction of sp³-hybridized carbons (Fsp3) is 0.167. The SMILES string of the molecule is COc1cccc(C(O)c2csc(I)c2)c1. The molecule has 2 nitrogen and oxygen atoms in total. The Morgan fingerprint density at radius 3 is 2.75 bits per heavy atom. The maximum absolute atomic E-state index is 10.2. The molecule has 1 unspecified atom stereocenters. The summed E-state index contributed by atoms with van der Waals surface area (Å²) in [4.78, 5) is 0. The van der Waals surface area contributed by atoms with Crippen LogP contribution in [0.2, 0.25) is 0 Å². The number of aliphatic hydroxyl groups excluding tert-OH is 1. The molecule has 0 aliphatic heterocycles. The van der Waals surface area contributed by atoms with Crippen molar-refractivity contribution >= 4 is 33.9 Å². The van der Waals surface area contributed by atoms with Gasteiger partial charge in [0.05, 0.1) is 9.99 Å². The number of rotatable bonds is 3. The number of hydrogen-bond acceptors (Lipinski definition) is 3. The van der Waals surface area contributed by atoms with Crippen molar-refractivity contribution in [1.82, 2.24) is 0 Å². The Hall–Kier alpha value is -0.590. The number of benzene rings is 1. The van der Waals surface area contributed by atoms with Crippen LogP contribution in [0.25, 0.3) is 0 Å². The minimum Gasteiger partial charge on any atom is -0.497 e. The van der Waals surface area contributed by atoms with E-state index in [2.05, 4.69) is 22.6 Å². The van der Waals surface area contributed by atoms with Crippen molar-refractivity contribution in [2.24, 2.45) is 0 Å². The summed E-state index contributed by atoms with van der Waals surface area (Å²) in [6.45, 7) is 0. The van der Waals surface area contributed by atoms with Crippen LogP contribution in [0.1, 0.15) is 17.2 Å². The van der Waals surface area contributed by atoms with Gasteiger partial charge < -0.3 is 9.84 Å². The smallest absolute Gasteiger partial charge is 0.119 e. The third-order valence-corrected chi connectivity index (χ3v) is 4.12. The van der Waals surface area contributed by atoms with Crippen molar-refractivity contribution in [2.75, 3.05) is 7.11 Å². The van der Waals surface area contributed by atoms with Crippen molar-refractivity contribution in [3.63, 3.8) is 0 Å². The third-order valence-electron chi connectivity index (χ3n) is 2.31. The van der Waals surface area contributed by atoms with Crippen LogP contribution in [0, 0.1) is 2.88 Å². The van der Waals surface area contributed by atoms with Gasteiger partial charge in [-0.3, -0.25) is 0 Å². The summed E-state index contributed by atoms with van der Waals surface area (Å²) in [7, 11) is 1.62. The highest BCUT2D eigenvalue weighted by Crippen LogP contribution is 2.28. The maximum atomic E-state index is 10.2. The van der Waals surface area contributed by atoms with E-state index >= 15 is 0 Å². The highest BCUT2D eigenvalue weighted by molar-refractivity contribution is 14.1. The van der Waals surface area contributed by atoms with Gasteiger partial charge >= 0.3 is 0 Å². The van der Waals surface area contributed by atoms with Gasteiger partial charge in [0.25, 0.3) is 0 Å². The number of methoxy groups -OCH3 is 1. The number of halogens is 1. The minimum atomic E-state index is -0.574. The van der Waals surface area contributed by atoms with E-state index in [9.17, 15) is 5.11 Å². The second-order valence-electron chi connectivity index (χ2n) is 3.36. The van der Waals surface area contributed by atoms with Crippen molar-refractivity contribution in [3.8, 4) is 5.75 Å². The molecule has 0 saturated carbocycles. The fourth-order valence-electron chi connectivity index (χ4n) is 1.47. The molecule has 1 N–H and O–H groups in total. The van der Waals surface area contributed by atoms with E-state index in [4.69, 9.17) is 4.74 Å². The highest BCUT2D eigenvalue weighted by Gasteiger charge is 2.12. The number of aliphatic hydroxyl groups is 1. The molecule has 0 fully saturated rings. The lowest BCUT2D eigenvalue weighted by molar-refractivity contribution is 0.220. The average molecular weight is 346 g/mol. The molecule has 0 bridgehead atoms. The van der Waals surface area contributed by atoms with E-state index in [-0.39, 0.29) is 0 Å². The van der Waals surface area contributed by atoms with E-state index in [0.29, 0.717) is 0 Å². The van der Waals surface area contributed by atoms with Crippen LogP contribution in [-0.2, 0) is 0 Å². The molecule has 4 heteroatoms. The number of thiophene rings is 1.